The van der Waals surface area contributed by atoms with E-state index in [1.54, 1.807) is 44.2 Å². The number of aryl methyl sites for hydroxylation is 1. The molecule has 4 aromatic rings. The second-order valence-corrected chi connectivity index (χ2v) is 9.76. The molecule has 5 rings (SSSR count). The summed E-state index contributed by atoms with van der Waals surface area (Å²) in [6.07, 6.45) is 0. The van der Waals surface area contributed by atoms with Gasteiger partial charge in [-0.25, -0.2) is 9.78 Å². The molecular formula is C26H20ClN3O7S. The Kier molecular flexibility index (Phi) is 6.64. The van der Waals surface area contributed by atoms with Crippen molar-refractivity contribution in [3.8, 4) is 5.75 Å². The third-order valence-electron chi connectivity index (χ3n) is 5.86. The molecule has 0 saturated carbocycles. The Morgan fingerprint density at radius 3 is 2.61 bits per heavy atom. The van der Waals surface area contributed by atoms with E-state index in [0.29, 0.717) is 22.0 Å². The number of nitrogens with zero attached hydrogens (tertiary/aromatic N) is 2. The largest absolute Gasteiger partial charge is 0.484 e. The Labute approximate surface area is 224 Å². The topological polar surface area (TPSA) is 142 Å². The second kappa shape index (κ2) is 9.92. The first-order valence-corrected chi connectivity index (χ1v) is 12.6. The molecule has 10 nitrogen and oxygen atoms in total. The summed E-state index contributed by atoms with van der Waals surface area (Å²) in [6, 6.07) is 10.2. The number of ether oxygens (including phenoxy) is 2. The Balaban J connectivity index is 1.68. The number of esters is 1. The van der Waals surface area contributed by atoms with Crippen molar-refractivity contribution in [2.24, 2.45) is 5.73 Å². The van der Waals surface area contributed by atoms with Crippen molar-refractivity contribution in [1.29, 1.82) is 0 Å². The number of anilines is 1. The van der Waals surface area contributed by atoms with Crippen LogP contribution in [0.1, 0.15) is 50.0 Å². The van der Waals surface area contributed by atoms with Crippen molar-refractivity contribution in [2.45, 2.75) is 19.9 Å². The summed E-state index contributed by atoms with van der Waals surface area (Å²) >= 11 is 7.12. The summed E-state index contributed by atoms with van der Waals surface area (Å²) in [5, 5.41) is 0.760. The van der Waals surface area contributed by atoms with E-state index in [1.807, 2.05) is 0 Å². The number of carbonyl (C=O) groups is 3. The second-order valence-electron chi connectivity index (χ2n) is 8.35. The maximum Gasteiger partial charge on any atom is 0.350 e. The summed E-state index contributed by atoms with van der Waals surface area (Å²) in [5.41, 5.74) is 5.98. The van der Waals surface area contributed by atoms with Gasteiger partial charge in [0.05, 0.1) is 29.3 Å². The number of carbonyl (C=O) groups excluding carboxylic acids is 3. The van der Waals surface area contributed by atoms with E-state index >= 15 is 0 Å². The van der Waals surface area contributed by atoms with Crippen LogP contribution in [0.15, 0.2) is 51.7 Å². The zero-order chi connectivity index (χ0) is 27.1. The fourth-order valence-corrected chi connectivity index (χ4v) is 5.39. The summed E-state index contributed by atoms with van der Waals surface area (Å²) in [5.74, 6) is -1.53. The number of aromatic nitrogens is 1. The molecule has 12 heteroatoms. The van der Waals surface area contributed by atoms with Gasteiger partial charge in [0, 0.05) is 5.02 Å². The number of hydrogen-bond acceptors (Lipinski definition) is 9. The normalized spacial score (nSPS) is 14.6. The molecule has 1 unspecified atom stereocenters. The van der Waals surface area contributed by atoms with Crippen LogP contribution in [0, 0.1) is 6.92 Å². The SMILES string of the molecule is CCOC(=O)c1sc(N2C(=O)c3oc4ccc(Cl)cc4c(=O)c3C2c2ccc(OCC(N)=O)cc2)nc1C. The minimum Gasteiger partial charge on any atom is -0.484 e. The summed E-state index contributed by atoms with van der Waals surface area (Å²) in [4.78, 5) is 57.0. The lowest BCUT2D eigenvalue weighted by Crippen LogP contribution is -2.29. The first-order chi connectivity index (χ1) is 18.2. The lowest BCUT2D eigenvalue weighted by molar-refractivity contribution is -0.119. The zero-order valence-corrected chi connectivity index (χ0v) is 21.7. The van der Waals surface area contributed by atoms with Gasteiger partial charge in [0.25, 0.3) is 11.8 Å². The van der Waals surface area contributed by atoms with Crippen LogP contribution < -0.4 is 20.8 Å². The fourth-order valence-electron chi connectivity index (χ4n) is 4.23. The van der Waals surface area contributed by atoms with Gasteiger partial charge in [0.1, 0.15) is 16.2 Å². The summed E-state index contributed by atoms with van der Waals surface area (Å²) in [6.45, 7) is 3.21. The Bertz CT molecular complexity index is 1660. The standard InChI is InChI=1S/C26H20ClN3O7S/c1-3-35-25(34)23-12(2)29-26(38-23)30-20(13-4-7-15(8-5-13)36-11-18(28)31)19-21(32)16-10-14(27)6-9-17(16)37-22(19)24(30)33/h4-10,20H,3,11H2,1-2H3,(H2,28,31). The van der Waals surface area contributed by atoms with Crippen LogP contribution in [0.25, 0.3) is 11.0 Å². The maximum absolute atomic E-state index is 13.7. The molecule has 1 aliphatic heterocycles. The molecule has 0 radical (unpaired) electrons. The highest BCUT2D eigenvalue weighted by atomic mass is 35.5. The number of fused-ring (bicyclic) bond motifs is 2. The van der Waals surface area contributed by atoms with Gasteiger partial charge < -0.3 is 19.6 Å². The molecule has 0 spiro atoms. The Morgan fingerprint density at radius 1 is 1.18 bits per heavy atom. The highest BCUT2D eigenvalue weighted by molar-refractivity contribution is 7.17. The van der Waals surface area contributed by atoms with Crippen LogP contribution in [-0.4, -0.2) is 36.0 Å². The first kappa shape index (κ1) is 25.4. The van der Waals surface area contributed by atoms with Crippen LogP contribution in [0.5, 0.6) is 5.75 Å². The number of rotatable bonds is 7. The van der Waals surface area contributed by atoms with Gasteiger partial charge in [-0.05, 0) is 49.7 Å². The number of nitrogens with two attached hydrogens (primary N) is 1. The van der Waals surface area contributed by atoms with Gasteiger partial charge in [0.15, 0.2) is 17.2 Å². The minimum atomic E-state index is -0.928. The zero-order valence-electron chi connectivity index (χ0n) is 20.1. The van der Waals surface area contributed by atoms with E-state index in [9.17, 15) is 19.2 Å². The molecule has 0 bridgehead atoms. The quantitative estimate of drug-likeness (QED) is 0.338. The molecule has 1 atom stereocenters. The van der Waals surface area contributed by atoms with Crippen LogP contribution in [-0.2, 0) is 9.53 Å². The lowest BCUT2D eigenvalue weighted by atomic mass is 9.98. The van der Waals surface area contributed by atoms with Crippen molar-refractivity contribution < 1.29 is 28.3 Å². The van der Waals surface area contributed by atoms with E-state index in [0.717, 1.165) is 11.3 Å². The van der Waals surface area contributed by atoms with Gasteiger partial charge in [0.2, 0.25) is 5.76 Å². The molecule has 2 amide bonds. The third-order valence-corrected chi connectivity index (χ3v) is 7.23. The molecule has 0 saturated heterocycles. The van der Waals surface area contributed by atoms with Crippen molar-refractivity contribution in [3.05, 3.63) is 85.2 Å². The van der Waals surface area contributed by atoms with E-state index in [4.69, 9.17) is 31.2 Å². The van der Waals surface area contributed by atoms with Crippen LogP contribution >= 0.6 is 22.9 Å². The summed E-state index contributed by atoms with van der Waals surface area (Å²) in [7, 11) is 0. The predicted molar refractivity (Wildman–Crippen MR) is 140 cm³/mol. The molecular weight excluding hydrogens is 534 g/mol. The van der Waals surface area contributed by atoms with Gasteiger partial charge in [-0.15, -0.1) is 0 Å². The monoisotopic (exact) mass is 553 g/mol. The fraction of sp³-hybridized carbons (Fsp3) is 0.192. The van der Waals surface area contributed by atoms with E-state index < -0.39 is 29.3 Å². The average Bonchev–Trinajstić information content (AvgIpc) is 3.41. The van der Waals surface area contributed by atoms with E-state index in [2.05, 4.69) is 4.98 Å². The first-order valence-electron chi connectivity index (χ1n) is 11.4. The number of primary amides is 1. The molecule has 2 N–H and O–H groups in total. The molecule has 2 aromatic carbocycles. The van der Waals surface area contributed by atoms with Gasteiger partial charge in [-0.2, -0.15) is 0 Å². The molecule has 194 valence electrons. The third kappa shape index (κ3) is 4.39. The predicted octanol–water partition coefficient (Wildman–Crippen LogP) is 4.00. The van der Waals surface area contributed by atoms with Crippen molar-refractivity contribution >= 4 is 56.8 Å². The van der Waals surface area contributed by atoms with Gasteiger partial charge in [-0.1, -0.05) is 35.1 Å². The maximum atomic E-state index is 13.7. The van der Waals surface area contributed by atoms with Crippen LogP contribution in [0.4, 0.5) is 5.13 Å². The smallest absolute Gasteiger partial charge is 0.350 e. The average molecular weight is 554 g/mol. The van der Waals surface area contributed by atoms with Crippen molar-refractivity contribution in [2.75, 3.05) is 18.1 Å². The highest BCUT2D eigenvalue weighted by Gasteiger charge is 2.45. The molecule has 2 aromatic heterocycles. The van der Waals surface area contributed by atoms with Crippen LogP contribution in [0.2, 0.25) is 5.02 Å². The Morgan fingerprint density at radius 2 is 1.92 bits per heavy atom. The van der Waals surface area contributed by atoms with E-state index in [-0.39, 0.29) is 45.5 Å². The van der Waals surface area contributed by atoms with Gasteiger partial charge in [-0.3, -0.25) is 19.3 Å². The molecule has 3 heterocycles. The molecule has 0 fully saturated rings. The number of hydrogen-bond donors (Lipinski definition) is 1. The number of halogens is 1. The molecule has 1 aliphatic rings. The summed E-state index contributed by atoms with van der Waals surface area (Å²) < 4.78 is 16.4. The number of benzene rings is 2. The van der Waals surface area contributed by atoms with Crippen LogP contribution in [0.3, 0.4) is 0 Å². The highest BCUT2D eigenvalue weighted by Crippen LogP contribution is 2.43. The Hall–Kier alpha value is -4.22. The molecule has 0 aliphatic carbocycles. The number of thiazole rings is 1. The van der Waals surface area contributed by atoms with Crippen molar-refractivity contribution in [3.63, 3.8) is 0 Å². The lowest BCUT2D eigenvalue weighted by Gasteiger charge is -2.22. The van der Waals surface area contributed by atoms with Gasteiger partial charge >= 0.3 is 5.97 Å². The number of amides is 2. The van der Waals surface area contributed by atoms with Crippen molar-refractivity contribution in [1.82, 2.24) is 4.98 Å². The van der Waals surface area contributed by atoms with E-state index in [1.165, 1.54) is 17.0 Å². The molecule has 38 heavy (non-hydrogen) atoms. The minimum absolute atomic E-state index is 0.112.